The van der Waals surface area contributed by atoms with Crippen LogP contribution < -0.4 is 0 Å². The molecule has 2 aliphatic carbocycles. The largest absolute Gasteiger partial charge is 0.0578 e. The summed E-state index contributed by atoms with van der Waals surface area (Å²) in [5, 5.41) is 8.83. The summed E-state index contributed by atoms with van der Waals surface area (Å²) in [5.74, 6) is 0. The van der Waals surface area contributed by atoms with Gasteiger partial charge in [-0.3, -0.25) is 0 Å². The molecular weight excluding hydrogens is 240 g/mol. The Hall–Kier alpha value is -2.34. The molecule has 0 spiro atoms. The third-order valence-corrected chi connectivity index (χ3v) is 5.20. The van der Waals surface area contributed by atoms with Crippen molar-refractivity contribution in [3.63, 3.8) is 0 Å². The van der Waals surface area contributed by atoms with Gasteiger partial charge in [0.2, 0.25) is 0 Å². The minimum absolute atomic E-state index is 1.21. The first-order valence-corrected chi connectivity index (χ1v) is 7.34. The molecule has 0 aromatic heterocycles. The Labute approximate surface area is 116 Å². The molecular formula is C20H12. The minimum Gasteiger partial charge on any atom is -0.0578 e. The zero-order valence-electron chi connectivity index (χ0n) is 11.0. The van der Waals surface area contributed by atoms with Crippen LogP contribution in [0.25, 0.3) is 44.5 Å². The van der Waals surface area contributed by atoms with Crippen molar-refractivity contribution in [1.29, 1.82) is 0 Å². The summed E-state index contributed by atoms with van der Waals surface area (Å²) in [6.45, 7) is 0. The van der Waals surface area contributed by atoms with Gasteiger partial charge in [-0.25, -0.2) is 0 Å². The van der Waals surface area contributed by atoms with Gasteiger partial charge in [0.1, 0.15) is 0 Å². The smallest absolute Gasteiger partial charge is 0.00144 e. The van der Waals surface area contributed by atoms with E-state index < -0.39 is 0 Å². The van der Waals surface area contributed by atoms with Crippen LogP contribution >= 0.6 is 0 Å². The molecule has 4 aromatic carbocycles. The Balaban J connectivity index is 2.10. The Bertz CT molecular complexity index is 1070. The number of aryl methyl sites for hydroxylation is 2. The fourth-order valence-corrected chi connectivity index (χ4v) is 4.38. The molecule has 0 fully saturated rings. The predicted molar refractivity (Wildman–Crippen MR) is 86.5 cm³/mol. The van der Waals surface area contributed by atoms with E-state index in [4.69, 9.17) is 0 Å². The molecule has 0 nitrogen and oxygen atoms in total. The zero-order valence-corrected chi connectivity index (χ0v) is 11.0. The van der Waals surface area contributed by atoms with E-state index in [-0.39, 0.29) is 0 Å². The predicted octanol–water partition coefficient (Wildman–Crippen LogP) is 5.17. The van der Waals surface area contributed by atoms with E-state index in [0.29, 0.717) is 0 Å². The van der Waals surface area contributed by atoms with Gasteiger partial charge >= 0.3 is 0 Å². The third kappa shape index (κ3) is 0.885. The highest BCUT2D eigenvalue weighted by Gasteiger charge is 2.22. The van der Waals surface area contributed by atoms with Crippen LogP contribution in [0.3, 0.4) is 0 Å². The van der Waals surface area contributed by atoms with Crippen LogP contribution in [-0.2, 0) is 12.8 Å². The maximum atomic E-state index is 2.43. The fourth-order valence-electron chi connectivity index (χ4n) is 4.38. The molecule has 6 rings (SSSR count). The van der Waals surface area contributed by atoms with E-state index in [0.717, 1.165) is 0 Å². The van der Waals surface area contributed by atoms with Crippen molar-refractivity contribution in [3.05, 3.63) is 58.7 Å². The summed E-state index contributed by atoms with van der Waals surface area (Å²) in [6, 6.07) is 14.0. The normalized spacial score (nSPS) is 15.4. The van der Waals surface area contributed by atoms with Crippen LogP contribution in [0.1, 0.15) is 22.3 Å². The highest BCUT2D eigenvalue weighted by Crippen LogP contribution is 2.45. The molecule has 0 heterocycles. The van der Waals surface area contributed by atoms with Crippen molar-refractivity contribution >= 4 is 44.5 Å². The van der Waals surface area contributed by atoms with Crippen LogP contribution in [0.5, 0.6) is 0 Å². The Morgan fingerprint density at radius 1 is 0.550 bits per heavy atom. The van der Waals surface area contributed by atoms with Gasteiger partial charge in [-0.2, -0.15) is 0 Å². The van der Waals surface area contributed by atoms with E-state index in [1.54, 1.807) is 16.5 Å². The molecule has 0 unspecified atom stereocenters. The van der Waals surface area contributed by atoms with Crippen molar-refractivity contribution in [2.75, 3.05) is 0 Å². The van der Waals surface area contributed by atoms with E-state index in [2.05, 4.69) is 48.6 Å². The van der Waals surface area contributed by atoms with Crippen molar-refractivity contribution in [1.82, 2.24) is 0 Å². The van der Waals surface area contributed by atoms with Crippen molar-refractivity contribution in [2.24, 2.45) is 0 Å². The molecule has 0 bridgehead atoms. The molecule has 0 radical (unpaired) electrons. The standard InChI is InChI=1S/C20H12/c1-5-13-9-16-8-4-12-2-6-14-10-15-7-3-11(1)17(13)19(15)20(16)18(12)14/h1,3-5,7-10H,2,6H2. The van der Waals surface area contributed by atoms with Crippen LogP contribution in [0.2, 0.25) is 0 Å². The average Bonchev–Trinajstić information content (AvgIpc) is 3.07. The highest BCUT2D eigenvalue weighted by atomic mass is 14.2. The quantitative estimate of drug-likeness (QED) is 0.334. The van der Waals surface area contributed by atoms with Gasteiger partial charge in [-0.15, -0.1) is 0 Å². The summed E-state index contributed by atoms with van der Waals surface area (Å²) in [5.41, 5.74) is 5.86. The number of rotatable bonds is 0. The van der Waals surface area contributed by atoms with Crippen molar-refractivity contribution in [3.8, 4) is 0 Å². The summed E-state index contributed by atoms with van der Waals surface area (Å²) in [7, 11) is 0. The number of benzene rings is 4. The van der Waals surface area contributed by atoms with Crippen LogP contribution in [-0.4, -0.2) is 0 Å². The lowest BCUT2D eigenvalue weighted by Gasteiger charge is -2.14. The molecule has 0 N–H and O–H groups in total. The van der Waals surface area contributed by atoms with Crippen LogP contribution in [0.15, 0.2) is 36.4 Å². The van der Waals surface area contributed by atoms with E-state index >= 15 is 0 Å². The maximum Gasteiger partial charge on any atom is -0.00144 e. The second-order valence-corrected chi connectivity index (χ2v) is 6.16. The van der Waals surface area contributed by atoms with Crippen LogP contribution in [0.4, 0.5) is 0 Å². The zero-order chi connectivity index (χ0) is 12.8. The molecule has 2 aliphatic rings. The average molecular weight is 252 g/mol. The van der Waals surface area contributed by atoms with E-state index in [1.165, 1.54) is 50.9 Å². The molecule has 0 heteroatoms. The van der Waals surface area contributed by atoms with Crippen LogP contribution in [0, 0.1) is 0 Å². The number of hydrogen-bond donors (Lipinski definition) is 0. The summed E-state index contributed by atoms with van der Waals surface area (Å²) >= 11 is 0. The number of hydrogen-bond acceptors (Lipinski definition) is 0. The lowest BCUT2D eigenvalue weighted by Crippen LogP contribution is -1.89. The monoisotopic (exact) mass is 252 g/mol. The van der Waals surface area contributed by atoms with Crippen molar-refractivity contribution < 1.29 is 0 Å². The molecule has 20 heavy (non-hydrogen) atoms. The first-order valence-electron chi connectivity index (χ1n) is 7.34. The van der Waals surface area contributed by atoms with E-state index in [9.17, 15) is 0 Å². The third-order valence-electron chi connectivity index (χ3n) is 5.20. The van der Waals surface area contributed by atoms with Gasteiger partial charge in [0.25, 0.3) is 0 Å². The maximum absolute atomic E-state index is 2.43. The topological polar surface area (TPSA) is 0 Å². The summed E-state index contributed by atoms with van der Waals surface area (Å²) in [6.07, 6.45) is 6.93. The molecule has 0 aliphatic heterocycles. The molecule has 0 saturated carbocycles. The first-order chi connectivity index (χ1) is 9.90. The Kier molecular flexibility index (Phi) is 1.37. The highest BCUT2D eigenvalue weighted by molar-refractivity contribution is 6.29. The van der Waals surface area contributed by atoms with Gasteiger partial charge in [0.05, 0.1) is 0 Å². The second-order valence-electron chi connectivity index (χ2n) is 6.16. The Morgan fingerprint density at radius 2 is 1.30 bits per heavy atom. The molecule has 4 aromatic rings. The van der Waals surface area contributed by atoms with Gasteiger partial charge in [-0.1, -0.05) is 42.5 Å². The minimum atomic E-state index is 1.21. The summed E-state index contributed by atoms with van der Waals surface area (Å²) < 4.78 is 0. The van der Waals surface area contributed by atoms with Crippen molar-refractivity contribution in [2.45, 2.75) is 12.8 Å². The fraction of sp³-hybridized carbons (Fsp3) is 0.100. The lowest BCUT2D eigenvalue weighted by atomic mass is 9.89. The van der Waals surface area contributed by atoms with Gasteiger partial charge in [0, 0.05) is 0 Å². The van der Waals surface area contributed by atoms with Gasteiger partial charge < -0.3 is 0 Å². The van der Waals surface area contributed by atoms with Gasteiger partial charge in [-0.05, 0) is 73.5 Å². The second kappa shape index (κ2) is 2.88. The molecule has 0 amide bonds. The SMILES string of the molecule is C1=Cc2cc3ccc4c5c(cc6ccc1c2c6c35)CC4. The Morgan fingerprint density at radius 3 is 2.30 bits per heavy atom. The molecule has 0 atom stereocenters. The molecule has 92 valence electrons. The first kappa shape index (κ1) is 9.55. The summed E-state index contributed by atoms with van der Waals surface area (Å²) in [4.78, 5) is 0. The van der Waals surface area contributed by atoms with E-state index in [1.807, 2.05) is 0 Å². The lowest BCUT2D eigenvalue weighted by molar-refractivity contribution is 1.03. The van der Waals surface area contributed by atoms with Gasteiger partial charge in [0.15, 0.2) is 0 Å². The molecule has 0 saturated heterocycles.